The number of Topliss-reactive ketones (excluding diaryl/α,β-unsaturated/α-hetero) is 3. The fourth-order valence-electron chi connectivity index (χ4n) is 8.31. The number of nitriles is 1. The lowest BCUT2D eigenvalue weighted by molar-refractivity contribution is -0.142. The minimum Gasteiger partial charge on any atom is -0.492 e. The summed E-state index contributed by atoms with van der Waals surface area (Å²) in [4.78, 5) is 81.4. The molecule has 67 heavy (non-hydrogen) atoms. The summed E-state index contributed by atoms with van der Waals surface area (Å²) in [5, 5.41) is 12.1. The van der Waals surface area contributed by atoms with Crippen molar-refractivity contribution >= 4 is 29.2 Å². The maximum Gasteiger partial charge on any atom is 0.322 e. The van der Waals surface area contributed by atoms with E-state index in [1.807, 2.05) is 36.4 Å². The zero-order chi connectivity index (χ0) is 48.6. The Morgan fingerprint density at radius 3 is 2.15 bits per heavy atom. The van der Waals surface area contributed by atoms with Gasteiger partial charge in [-0.25, -0.2) is 0 Å². The number of ketones is 3. The van der Waals surface area contributed by atoms with E-state index in [9.17, 15) is 29.2 Å². The highest BCUT2D eigenvalue weighted by Gasteiger charge is 2.36. The molecular weight excluding hydrogens is 853 g/mol. The largest absolute Gasteiger partial charge is 0.492 e. The van der Waals surface area contributed by atoms with Gasteiger partial charge in [-0.1, -0.05) is 44.5 Å². The second-order valence-electron chi connectivity index (χ2n) is 17.0. The summed E-state index contributed by atoms with van der Waals surface area (Å²) in [6.45, 7) is 7.92. The van der Waals surface area contributed by atoms with Crippen LogP contribution in [-0.2, 0) is 32.0 Å². The van der Waals surface area contributed by atoms with Gasteiger partial charge in [-0.2, -0.15) is 15.2 Å². The standard InChI is InChI=1S/C51H64N8O8/c1-6-7-9-34-11-15-38(16-12-34)67-51-56-32(3)47(33(4)57-51)43(61)30-37(19-21-53)50(64)59(5)48-36-14-18-46(66-25-23-55)40(29-36)39-27-35(13-17-45(39)65-24-22-54)28-41(42(60)10-8-20-52)58-49(63)31(2)26-44(48)62/h11-18,27,29,31,37,41,48H,6-10,19,21-26,28,30,53-55H2,1-5H3,(H,58,63)/t31-,37-,41+,48+/m1/s1. The summed E-state index contributed by atoms with van der Waals surface area (Å²) < 4.78 is 18.2. The molecule has 1 aliphatic rings. The number of nitrogens with one attached hydrogen (secondary N) is 1. The number of nitrogens with zero attached hydrogens (tertiary/aromatic N) is 4. The molecule has 0 radical (unpaired) electrons. The number of carbonyl (C=O) groups is 5. The van der Waals surface area contributed by atoms with E-state index < -0.39 is 41.5 Å². The van der Waals surface area contributed by atoms with Gasteiger partial charge in [0.25, 0.3) is 0 Å². The third kappa shape index (κ3) is 13.5. The van der Waals surface area contributed by atoms with Crippen LogP contribution in [0.3, 0.4) is 0 Å². The molecule has 0 saturated carbocycles. The fraction of sp³-hybridized carbons (Fsp3) is 0.451. The molecule has 2 amide bonds. The van der Waals surface area contributed by atoms with E-state index >= 15 is 0 Å². The number of hydrogen-bond acceptors (Lipinski definition) is 14. The van der Waals surface area contributed by atoms with Crippen LogP contribution in [0.25, 0.3) is 11.1 Å². The number of rotatable bonds is 21. The van der Waals surface area contributed by atoms with Crippen LogP contribution in [0.4, 0.5) is 0 Å². The topological polar surface area (TPSA) is 256 Å². The monoisotopic (exact) mass is 916 g/mol. The van der Waals surface area contributed by atoms with Gasteiger partial charge >= 0.3 is 6.01 Å². The summed E-state index contributed by atoms with van der Waals surface area (Å²) in [6.07, 6.45) is 2.69. The number of carbonyl (C=O) groups excluding carboxylic acids is 5. The van der Waals surface area contributed by atoms with E-state index in [1.165, 1.54) is 17.5 Å². The first-order valence-corrected chi connectivity index (χ1v) is 23.0. The van der Waals surface area contributed by atoms with Gasteiger partial charge in [0.1, 0.15) is 36.5 Å². The summed E-state index contributed by atoms with van der Waals surface area (Å²) in [5.41, 5.74) is 22.1. The lowest BCUT2D eigenvalue weighted by Gasteiger charge is -2.32. The predicted octanol–water partition coefficient (Wildman–Crippen LogP) is 5.82. The van der Waals surface area contributed by atoms with Crippen molar-refractivity contribution in [1.82, 2.24) is 20.2 Å². The zero-order valence-corrected chi connectivity index (χ0v) is 39.3. The van der Waals surface area contributed by atoms with Crippen LogP contribution >= 0.6 is 0 Å². The summed E-state index contributed by atoms with van der Waals surface area (Å²) in [7, 11) is 1.49. The molecule has 5 rings (SSSR count). The average molecular weight is 917 g/mol. The van der Waals surface area contributed by atoms with Crippen LogP contribution in [0.15, 0.2) is 60.7 Å². The van der Waals surface area contributed by atoms with Crippen LogP contribution < -0.4 is 36.7 Å². The number of likely N-dealkylation sites (N-methyl/N-ethyl adjacent to an activating group) is 1. The maximum atomic E-state index is 14.8. The van der Waals surface area contributed by atoms with Crippen molar-refractivity contribution in [1.29, 1.82) is 5.26 Å². The molecule has 1 aliphatic heterocycles. The van der Waals surface area contributed by atoms with Gasteiger partial charge in [0.2, 0.25) is 11.8 Å². The number of benzene rings is 3. The van der Waals surface area contributed by atoms with Crippen LogP contribution in [-0.4, -0.2) is 90.0 Å². The van der Waals surface area contributed by atoms with Gasteiger partial charge in [0.05, 0.1) is 29.1 Å². The Hall–Kier alpha value is -6.54. The van der Waals surface area contributed by atoms with Gasteiger partial charge in [-0.05, 0) is 99.2 Å². The first kappa shape index (κ1) is 51.4. The highest BCUT2D eigenvalue weighted by molar-refractivity contribution is 6.01. The number of aromatic nitrogens is 2. The molecule has 16 nitrogen and oxygen atoms in total. The number of unbranched alkanes of at least 4 members (excludes halogenated alkanes) is 1. The van der Waals surface area contributed by atoms with Gasteiger partial charge in [0, 0.05) is 68.8 Å². The van der Waals surface area contributed by atoms with Crippen LogP contribution in [0.1, 0.15) is 103 Å². The van der Waals surface area contributed by atoms with Gasteiger partial charge in [-0.3, -0.25) is 24.0 Å². The fourth-order valence-corrected chi connectivity index (χ4v) is 8.31. The van der Waals surface area contributed by atoms with Crippen molar-refractivity contribution in [3.8, 4) is 40.5 Å². The van der Waals surface area contributed by atoms with Crippen molar-refractivity contribution in [3.05, 3.63) is 94.3 Å². The Morgan fingerprint density at radius 1 is 0.896 bits per heavy atom. The third-order valence-corrected chi connectivity index (χ3v) is 11.8. The Kier molecular flexibility index (Phi) is 19.1. The van der Waals surface area contributed by atoms with Crippen LogP contribution in [0.5, 0.6) is 23.3 Å². The SMILES string of the molecule is CCCCc1ccc(Oc2nc(C)c(C(=O)C[C@@H](CCN)C(=O)N(C)[C@@H]3C(=O)C[C@@H](C)C(=O)N[C@H](C(=O)CCC#N)Cc4ccc(OCCN)c(c4)-c4cc3ccc4OCCN)c(C)n2)cc1. The molecule has 0 fully saturated rings. The lowest BCUT2D eigenvalue weighted by Crippen LogP contribution is -2.46. The normalized spacial score (nSPS) is 16.5. The highest BCUT2D eigenvalue weighted by atomic mass is 16.5. The minimum atomic E-state index is -1.25. The van der Waals surface area contributed by atoms with E-state index in [0.29, 0.717) is 50.9 Å². The first-order valence-electron chi connectivity index (χ1n) is 23.0. The van der Waals surface area contributed by atoms with E-state index in [-0.39, 0.29) is 94.5 Å². The zero-order valence-electron chi connectivity index (χ0n) is 39.3. The molecule has 3 aromatic carbocycles. The average Bonchev–Trinajstić information content (AvgIpc) is 3.30. The van der Waals surface area contributed by atoms with E-state index in [0.717, 1.165) is 19.3 Å². The van der Waals surface area contributed by atoms with Crippen molar-refractivity contribution in [2.75, 3.05) is 39.9 Å². The van der Waals surface area contributed by atoms with E-state index in [4.69, 9.17) is 31.4 Å². The van der Waals surface area contributed by atoms with Gasteiger partial charge in [0.15, 0.2) is 17.3 Å². The Morgan fingerprint density at radius 2 is 1.54 bits per heavy atom. The number of ether oxygens (including phenoxy) is 3. The second-order valence-corrected chi connectivity index (χ2v) is 17.0. The smallest absolute Gasteiger partial charge is 0.322 e. The van der Waals surface area contributed by atoms with E-state index in [1.54, 1.807) is 51.1 Å². The molecule has 0 saturated heterocycles. The molecule has 0 aliphatic carbocycles. The van der Waals surface area contributed by atoms with Crippen molar-refractivity contribution in [2.24, 2.45) is 29.0 Å². The third-order valence-electron chi connectivity index (χ3n) is 11.8. The maximum absolute atomic E-state index is 14.8. The second kappa shape index (κ2) is 24.8. The van der Waals surface area contributed by atoms with Crippen LogP contribution in [0, 0.1) is 37.0 Å². The molecule has 356 valence electrons. The number of fused-ring (bicyclic) bond motifs is 5. The Labute approximate surface area is 392 Å². The quantitative estimate of drug-likeness (QED) is 0.0719. The molecule has 1 aromatic heterocycles. The Bertz CT molecular complexity index is 2410. The highest BCUT2D eigenvalue weighted by Crippen LogP contribution is 2.41. The lowest BCUT2D eigenvalue weighted by atomic mass is 9.88. The molecule has 0 spiro atoms. The molecule has 2 heterocycles. The molecular formula is C51H64N8O8. The molecule has 4 atom stereocenters. The first-order chi connectivity index (χ1) is 32.2. The molecule has 4 bridgehead atoms. The van der Waals surface area contributed by atoms with Crippen molar-refractivity contribution in [2.45, 2.75) is 97.6 Å². The van der Waals surface area contributed by atoms with Gasteiger partial charge in [-0.15, -0.1) is 0 Å². The number of nitrogens with two attached hydrogens (primary N) is 3. The van der Waals surface area contributed by atoms with E-state index in [2.05, 4.69) is 22.2 Å². The predicted molar refractivity (Wildman–Crippen MR) is 254 cm³/mol. The summed E-state index contributed by atoms with van der Waals surface area (Å²) in [6, 6.07) is 18.0. The van der Waals surface area contributed by atoms with Crippen molar-refractivity contribution < 1.29 is 38.2 Å². The van der Waals surface area contributed by atoms with Crippen LogP contribution in [0.2, 0.25) is 0 Å². The minimum absolute atomic E-state index is 0.0350. The summed E-state index contributed by atoms with van der Waals surface area (Å²) in [5.74, 6) is -2.73. The molecule has 7 N–H and O–H groups in total. The number of amides is 2. The number of aryl methyl sites for hydroxylation is 3. The van der Waals surface area contributed by atoms with Gasteiger partial charge < -0.3 is 41.6 Å². The Balaban J connectivity index is 1.53. The summed E-state index contributed by atoms with van der Waals surface area (Å²) >= 11 is 0. The molecule has 0 unspecified atom stereocenters. The van der Waals surface area contributed by atoms with Crippen molar-refractivity contribution in [3.63, 3.8) is 0 Å². The number of hydrogen-bond donors (Lipinski definition) is 4. The molecule has 16 heteroatoms. The molecule has 4 aromatic rings.